The van der Waals surface area contributed by atoms with E-state index in [1.54, 1.807) is 24.3 Å². The molecule has 0 saturated heterocycles. The van der Waals surface area contributed by atoms with Crippen molar-refractivity contribution in [2.75, 3.05) is 4.90 Å². The van der Waals surface area contributed by atoms with Gasteiger partial charge in [0.2, 0.25) is 6.41 Å². The summed E-state index contributed by atoms with van der Waals surface area (Å²) in [6, 6.07) is 13.5. The Morgan fingerprint density at radius 1 is 1.00 bits per heavy atom. The predicted octanol–water partition coefficient (Wildman–Crippen LogP) is 4.42. The Labute approximate surface area is 180 Å². The lowest BCUT2D eigenvalue weighted by molar-refractivity contribution is -0.136. The summed E-state index contributed by atoms with van der Waals surface area (Å²) in [5, 5.41) is 14.0. The normalized spacial score (nSPS) is 11.0. The van der Waals surface area contributed by atoms with Gasteiger partial charge < -0.3 is 5.11 Å². The summed E-state index contributed by atoms with van der Waals surface area (Å²) in [7, 11) is 0. The van der Waals surface area contributed by atoms with Crippen LogP contribution in [0.5, 0.6) is 0 Å². The minimum absolute atomic E-state index is 0.0963. The molecule has 0 spiro atoms. The number of hydrogen-bond acceptors (Lipinski definition) is 3. The molecule has 0 unspecified atom stereocenters. The molecule has 0 saturated carbocycles. The summed E-state index contributed by atoms with van der Waals surface area (Å²) in [6.45, 7) is 0.214. The first-order chi connectivity index (χ1) is 15.4. The van der Waals surface area contributed by atoms with Crippen LogP contribution in [0, 0.1) is 17.5 Å². The van der Waals surface area contributed by atoms with Gasteiger partial charge in [-0.15, -0.1) is 0 Å². The smallest absolute Gasteiger partial charge is 0.309 e. The second-order valence-electron chi connectivity index (χ2n) is 7.07. The lowest BCUT2D eigenvalue weighted by Gasteiger charge is -2.18. The van der Waals surface area contributed by atoms with Crippen LogP contribution in [-0.4, -0.2) is 27.3 Å². The van der Waals surface area contributed by atoms with Crippen molar-refractivity contribution in [3.8, 4) is 0 Å². The molecule has 32 heavy (non-hydrogen) atoms. The number of amides is 1. The topological polar surface area (TPSA) is 75.4 Å². The SMILES string of the molecule is O=CN(c1ccc(Cn2nc(CC(=O)O)c3ccc(F)cc32)cc1)c1ccc(F)cc1F. The first kappa shape index (κ1) is 21.1. The summed E-state index contributed by atoms with van der Waals surface area (Å²) < 4.78 is 42.5. The first-order valence-corrected chi connectivity index (χ1v) is 9.51. The molecule has 1 N–H and O–H groups in total. The van der Waals surface area contributed by atoms with E-state index in [0.29, 0.717) is 34.8 Å². The van der Waals surface area contributed by atoms with E-state index in [2.05, 4.69) is 5.10 Å². The number of carboxylic acid groups (broad SMARTS) is 1. The van der Waals surface area contributed by atoms with Gasteiger partial charge in [-0.05, 0) is 48.0 Å². The maximum absolute atomic E-state index is 14.1. The third-order valence-electron chi connectivity index (χ3n) is 4.93. The van der Waals surface area contributed by atoms with Crippen LogP contribution in [0.1, 0.15) is 11.3 Å². The highest BCUT2D eigenvalue weighted by Crippen LogP contribution is 2.28. The van der Waals surface area contributed by atoms with Gasteiger partial charge in [0.1, 0.15) is 17.5 Å². The molecule has 0 atom stereocenters. The van der Waals surface area contributed by atoms with E-state index in [0.717, 1.165) is 16.5 Å². The molecule has 4 aromatic rings. The third-order valence-corrected chi connectivity index (χ3v) is 4.93. The molecular formula is C23H16F3N3O3. The molecule has 0 bridgehead atoms. The van der Waals surface area contributed by atoms with Gasteiger partial charge in [0, 0.05) is 17.1 Å². The predicted molar refractivity (Wildman–Crippen MR) is 111 cm³/mol. The van der Waals surface area contributed by atoms with Crippen LogP contribution in [0.4, 0.5) is 24.5 Å². The van der Waals surface area contributed by atoms with Gasteiger partial charge >= 0.3 is 5.97 Å². The molecule has 0 aliphatic heterocycles. The van der Waals surface area contributed by atoms with Gasteiger partial charge in [0.25, 0.3) is 0 Å². The van der Waals surface area contributed by atoms with Crippen molar-refractivity contribution in [1.29, 1.82) is 0 Å². The lowest BCUT2D eigenvalue weighted by Crippen LogP contribution is -2.15. The Hall–Kier alpha value is -4.14. The number of hydrogen-bond donors (Lipinski definition) is 1. The maximum Gasteiger partial charge on any atom is 0.309 e. The van der Waals surface area contributed by atoms with Gasteiger partial charge in [0.15, 0.2) is 0 Å². The van der Waals surface area contributed by atoms with E-state index in [1.165, 1.54) is 28.9 Å². The van der Waals surface area contributed by atoms with Crippen LogP contribution in [0.2, 0.25) is 0 Å². The molecule has 9 heteroatoms. The number of halogens is 3. The van der Waals surface area contributed by atoms with Crippen LogP contribution in [0.15, 0.2) is 60.7 Å². The Balaban J connectivity index is 1.64. The highest BCUT2D eigenvalue weighted by atomic mass is 19.1. The number of rotatable bonds is 7. The summed E-state index contributed by atoms with van der Waals surface area (Å²) in [5.74, 6) is -3.15. The standard InChI is InChI=1S/C23H16F3N3O3/c24-15-4-8-21(19(26)9-15)28(13-30)17-5-1-14(2-6-17)12-29-22-10-16(25)3-7-18(22)20(27-29)11-23(31)32/h1-10,13H,11-12H2,(H,31,32). The number of carbonyl (C=O) groups excluding carboxylic acids is 1. The van der Waals surface area contributed by atoms with Gasteiger partial charge in [0.05, 0.1) is 29.9 Å². The fraction of sp³-hybridized carbons (Fsp3) is 0.0870. The average molecular weight is 439 g/mol. The summed E-state index contributed by atoms with van der Waals surface area (Å²) in [6.07, 6.45) is 0.124. The number of nitrogens with zero attached hydrogens (tertiary/aromatic N) is 3. The molecule has 1 heterocycles. The average Bonchev–Trinajstić information content (AvgIpc) is 3.06. The number of carbonyl (C=O) groups is 2. The Kier molecular flexibility index (Phi) is 5.63. The minimum Gasteiger partial charge on any atom is -0.481 e. The van der Waals surface area contributed by atoms with Crippen LogP contribution in [0.25, 0.3) is 10.9 Å². The van der Waals surface area contributed by atoms with Gasteiger partial charge in [-0.3, -0.25) is 19.2 Å². The number of aliphatic carboxylic acids is 1. The molecule has 1 amide bonds. The number of benzene rings is 3. The Bertz CT molecular complexity index is 1320. The van der Waals surface area contributed by atoms with Crippen LogP contribution < -0.4 is 4.90 Å². The van der Waals surface area contributed by atoms with E-state index < -0.39 is 23.4 Å². The summed E-state index contributed by atoms with van der Waals surface area (Å²) >= 11 is 0. The summed E-state index contributed by atoms with van der Waals surface area (Å²) in [4.78, 5) is 23.7. The van der Waals surface area contributed by atoms with Crippen molar-refractivity contribution in [1.82, 2.24) is 9.78 Å². The van der Waals surface area contributed by atoms with Crippen molar-refractivity contribution in [3.05, 3.63) is 89.4 Å². The first-order valence-electron chi connectivity index (χ1n) is 9.51. The number of fused-ring (bicyclic) bond motifs is 1. The molecule has 4 rings (SSSR count). The van der Waals surface area contributed by atoms with E-state index in [9.17, 15) is 22.8 Å². The van der Waals surface area contributed by atoms with Crippen molar-refractivity contribution >= 4 is 34.7 Å². The van der Waals surface area contributed by atoms with E-state index >= 15 is 0 Å². The van der Waals surface area contributed by atoms with E-state index in [1.807, 2.05) is 0 Å². The summed E-state index contributed by atoms with van der Waals surface area (Å²) in [5.41, 5.74) is 1.77. The van der Waals surface area contributed by atoms with Gasteiger partial charge in [-0.25, -0.2) is 13.2 Å². The van der Waals surface area contributed by atoms with Crippen molar-refractivity contribution in [3.63, 3.8) is 0 Å². The maximum atomic E-state index is 14.1. The largest absolute Gasteiger partial charge is 0.481 e. The van der Waals surface area contributed by atoms with Gasteiger partial charge in [-0.2, -0.15) is 5.10 Å². The molecule has 0 aliphatic rings. The molecule has 6 nitrogen and oxygen atoms in total. The lowest BCUT2D eigenvalue weighted by atomic mass is 10.1. The Morgan fingerprint density at radius 3 is 2.34 bits per heavy atom. The number of anilines is 2. The van der Waals surface area contributed by atoms with Crippen LogP contribution in [-0.2, 0) is 22.6 Å². The second-order valence-corrected chi connectivity index (χ2v) is 7.07. The number of carboxylic acids is 1. The zero-order valence-corrected chi connectivity index (χ0v) is 16.5. The van der Waals surface area contributed by atoms with Crippen LogP contribution in [0.3, 0.4) is 0 Å². The van der Waals surface area contributed by atoms with Gasteiger partial charge in [-0.1, -0.05) is 12.1 Å². The fourth-order valence-corrected chi connectivity index (χ4v) is 3.48. The third kappa shape index (κ3) is 4.18. The molecule has 0 fully saturated rings. The Morgan fingerprint density at radius 2 is 1.69 bits per heavy atom. The highest BCUT2D eigenvalue weighted by Gasteiger charge is 2.16. The second kappa shape index (κ2) is 8.54. The quantitative estimate of drug-likeness (QED) is 0.433. The number of aromatic nitrogens is 2. The molecular weight excluding hydrogens is 423 g/mol. The van der Waals surface area contributed by atoms with E-state index in [-0.39, 0.29) is 18.7 Å². The van der Waals surface area contributed by atoms with Crippen molar-refractivity contribution in [2.24, 2.45) is 0 Å². The molecule has 1 aromatic heterocycles. The molecule has 3 aromatic carbocycles. The van der Waals surface area contributed by atoms with Crippen molar-refractivity contribution < 1.29 is 27.9 Å². The van der Waals surface area contributed by atoms with E-state index in [4.69, 9.17) is 5.11 Å². The van der Waals surface area contributed by atoms with Crippen LogP contribution >= 0.6 is 0 Å². The minimum atomic E-state index is -1.05. The van der Waals surface area contributed by atoms with Crippen molar-refractivity contribution in [2.45, 2.75) is 13.0 Å². The molecule has 0 radical (unpaired) electrons. The zero-order chi connectivity index (χ0) is 22.8. The molecule has 162 valence electrons. The zero-order valence-electron chi connectivity index (χ0n) is 16.5. The molecule has 0 aliphatic carbocycles. The fourth-order valence-electron chi connectivity index (χ4n) is 3.48. The highest BCUT2D eigenvalue weighted by molar-refractivity contribution is 5.87. The monoisotopic (exact) mass is 439 g/mol.